The Kier molecular flexibility index (Phi) is 6.70. The van der Waals surface area contributed by atoms with Crippen molar-refractivity contribution in [2.24, 2.45) is 0 Å². The minimum Gasteiger partial charge on any atom is -0.505 e. The molecule has 0 aliphatic rings. The quantitative estimate of drug-likeness (QED) is 0.476. The van der Waals surface area contributed by atoms with Crippen LogP contribution in [-0.2, 0) is 6.61 Å². The van der Waals surface area contributed by atoms with Gasteiger partial charge in [0.05, 0.1) is 0 Å². The Balaban J connectivity index is 0.000000223. The molecule has 1 N–H and O–H groups in total. The third kappa shape index (κ3) is 5.16. The first kappa shape index (κ1) is 20.2. The third-order valence-electron chi connectivity index (χ3n) is 3.25. The first-order chi connectivity index (χ1) is 12.8. The number of phenols is 1. The summed E-state index contributed by atoms with van der Waals surface area (Å²) in [6, 6.07) is 12.3. The van der Waals surface area contributed by atoms with Gasteiger partial charge in [0, 0.05) is 0 Å². The zero-order chi connectivity index (χ0) is 20.0. The van der Waals surface area contributed by atoms with E-state index in [9.17, 15) is 26.3 Å². The fraction of sp³-hybridized carbons (Fsp3) is 0.0526. The van der Waals surface area contributed by atoms with Gasteiger partial charge < -0.3 is 9.84 Å². The van der Waals surface area contributed by atoms with Gasteiger partial charge in [0.25, 0.3) is 0 Å². The number of hydrogen-bond donors (Lipinski definition) is 1. The van der Waals surface area contributed by atoms with Gasteiger partial charge in [0.15, 0.2) is 34.8 Å². The molecular weight excluding hydrogens is 374 g/mol. The number of phenolic OH excluding ortho intramolecular Hbond substituents is 1. The summed E-state index contributed by atoms with van der Waals surface area (Å²) >= 11 is 0. The molecule has 8 heteroatoms. The molecule has 0 aromatic heterocycles. The van der Waals surface area contributed by atoms with Gasteiger partial charge in [-0.25, -0.2) is 17.6 Å². The minimum atomic E-state index is -1.65. The molecule has 0 aliphatic carbocycles. The van der Waals surface area contributed by atoms with E-state index >= 15 is 0 Å². The van der Waals surface area contributed by atoms with E-state index in [1.54, 1.807) is 24.3 Å². The van der Waals surface area contributed by atoms with Gasteiger partial charge in [-0.15, -0.1) is 0 Å². The number of aromatic hydroxyl groups is 1. The van der Waals surface area contributed by atoms with Crippen molar-refractivity contribution in [2.45, 2.75) is 6.61 Å². The molecule has 0 amide bonds. The molecule has 0 saturated carbocycles. The van der Waals surface area contributed by atoms with E-state index in [1.165, 1.54) is 0 Å². The van der Waals surface area contributed by atoms with E-state index in [-0.39, 0.29) is 12.4 Å². The smallest absolute Gasteiger partial charge is 0.203 e. The third-order valence-corrected chi connectivity index (χ3v) is 3.25. The second kappa shape index (κ2) is 8.98. The molecule has 0 unspecified atom stereocenters. The Bertz CT molecular complexity index is 889. The Morgan fingerprint density at radius 2 is 1.19 bits per heavy atom. The molecule has 3 aromatic carbocycles. The Morgan fingerprint density at radius 1 is 0.630 bits per heavy atom. The summed E-state index contributed by atoms with van der Waals surface area (Å²) < 4.78 is 80.1. The van der Waals surface area contributed by atoms with Crippen LogP contribution in [0.2, 0.25) is 0 Å². The highest BCUT2D eigenvalue weighted by molar-refractivity contribution is 5.27. The van der Waals surface area contributed by atoms with Gasteiger partial charge in [0.2, 0.25) is 11.6 Å². The van der Waals surface area contributed by atoms with E-state index in [1.807, 2.05) is 6.07 Å². The van der Waals surface area contributed by atoms with Crippen LogP contribution in [0.25, 0.3) is 0 Å². The van der Waals surface area contributed by atoms with Crippen molar-refractivity contribution in [3.63, 3.8) is 0 Å². The molecule has 142 valence electrons. The average molecular weight is 386 g/mol. The lowest BCUT2D eigenvalue weighted by Gasteiger charge is -2.07. The van der Waals surface area contributed by atoms with Crippen LogP contribution in [0.3, 0.4) is 0 Å². The lowest BCUT2D eigenvalue weighted by Crippen LogP contribution is -2.00. The zero-order valence-corrected chi connectivity index (χ0v) is 13.5. The van der Waals surface area contributed by atoms with Crippen molar-refractivity contribution in [1.82, 2.24) is 0 Å². The minimum absolute atomic E-state index is 0.100. The second-order valence-corrected chi connectivity index (χ2v) is 5.14. The molecule has 0 saturated heterocycles. The maximum absolute atomic E-state index is 13.2. The molecule has 0 aliphatic heterocycles. The molecule has 3 rings (SSSR count). The van der Waals surface area contributed by atoms with Crippen molar-refractivity contribution in [1.29, 1.82) is 0 Å². The van der Waals surface area contributed by atoms with Crippen molar-refractivity contribution in [3.05, 3.63) is 95.1 Å². The molecule has 3 aromatic rings. The second-order valence-electron chi connectivity index (χ2n) is 5.14. The summed E-state index contributed by atoms with van der Waals surface area (Å²) in [6.07, 6.45) is 0. The first-order valence-corrected chi connectivity index (χ1v) is 7.44. The SMILES string of the molecule is Fc1ccc(OCc2ccccc2)c(F)c1F.Oc1ccc(F)c(F)c1F. The van der Waals surface area contributed by atoms with Gasteiger partial charge in [-0.1, -0.05) is 30.3 Å². The van der Waals surface area contributed by atoms with Crippen molar-refractivity contribution < 1.29 is 36.2 Å². The van der Waals surface area contributed by atoms with Crippen LogP contribution < -0.4 is 4.74 Å². The largest absolute Gasteiger partial charge is 0.505 e. The molecule has 2 nitrogen and oxygen atoms in total. The summed E-state index contributed by atoms with van der Waals surface area (Å²) in [5.41, 5.74) is 0.816. The van der Waals surface area contributed by atoms with E-state index < -0.39 is 40.7 Å². The molecule has 0 fully saturated rings. The fourth-order valence-corrected chi connectivity index (χ4v) is 1.87. The maximum Gasteiger partial charge on any atom is 0.203 e. The molecule has 0 radical (unpaired) electrons. The normalized spacial score (nSPS) is 10.1. The van der Waals surface area contributed by atoms with Gasteiger partial charge >= 0.3 is 0 Å². The molecule has 27 heavy (non-hydrogen) atoms. The van der Waals surface area contributed by atoms with Gasteiger partial charge in [-0.2, -0.15) is 8.78 Å². The summed E-state index contributed by atoms with van der Waals surface area (Å²) in [5.74, 6) is -9.76. The van der Waals surface area contributed by atoms with Crippen LogP contribution in [0.1, 0.15) is 5.56 Å². The molecule has 0 heterocycles. The Hall–Kier alpha value is -3.16. The highest BCUT2D eigenvalue weighted by atomic mass is 19.2. The molecule has 0 bridgehead atoms. The summed E-state index contributed by atoms with van der Waals surface area (Å²) in [4.78, 5) is 0. The molecule has 0 atom stereocenters. The summed E-state index contributed by atoms with van der Waals surface area (Å²) in [6.45, 7) is 0.100. The predicted octanol–water partition coefficient (Wildman–Crippen LogP) is 5.49. The number of hydrogen-bond acceptors (Lipinski definition) is 2. The van der Waals surface area contributed by atoms with E-state index in [0.717, 1.165) is 23.8 Å². The highest BCUT2D eigenvalue weighted by Gasteiger charge is 2.14. The lowest BCUT2D eigenvalue weighted by atomic mass is 10.2. The summed E-state index contributed by atoms with van der Waals surface area (Å²) in [5, 5.41) is 8.44. The Labute approximate surface area is 150 Å². The number of benzene rings is 3. The standard InChI is InChI=1S/C13H9F3O.C6H3F3O/c14-10-6-7-11(13(16)12(10)15)17-8-9-4-2-1-3-5-9;7-3-1-2-4(10)6(9)5(3)8/h1-7H,8H2;1-2,10H. The molecule has 0 spiro atoms. The first-order valence-electron chi connectivity index (χ1n) is 7.44. The van der Waals surface area contributed by atoms with Crippen LogP contribution in [0.5, 0.6) is 11.5 Å². The van der Waals surface area contributed by atoms with Gasteiger partial charge in [-0.05, 0) is 29.8 Å². The fourth-order valence-electron chi connectivity index (χ4n) is 1.87. The van der Waals surface area contributed by atoms with Crippen LogP contribution in [0.4, 0.5) is 26.3 Å². The predicted molar refractivity (Wildman–Crippen MR) is 85.1 cm³/mol. The lowest BCUT2D eigenvalue weighted by molar-refractivity contribution is 0.281. The average Bonchev–Trinajstić information content (AvgIpc) is 2.68. The van der Waals surface area contributed by atoms with Crippen molar-refractivity contribution in [2.75, 3.05) is 0 Å². The Morgan fingerprint density at radius 3 is 1.78 bits per heavy atom. The van der Waals surface area contributed by atoms with Gasteiger partial charge in [0.1, 0.15) is 6.61 Å². The van der Waals surface area contributed by atoms with Crippen LogP contribution >= 0.6 is 0 Å². The number of halogens is 6. The number of rotatable bonds is 3. The van der Waals surface area contributed by atoms with E-state index in [4.69, 9.17) is 9.84 Å². The molecular formula is C19H12F6O2. The monoisotopic (exact) mass is 386 g/mol. The topological polar surface area (TPSA) is 29.5 Å². The maximum atomic E-state index is 13.2. The van der Waals surface area contributed by atoms with Gasteiger partial charge in [-0.3, -0.25) is 0 Å². The van der Waals surface area contributed by atoms with Crippen LogP contribution in [0.15, 0.2) is 54.6 Å². The van der Waals surface area contributed by atoms with Crippen LogP contribution in [0, 0.1) is 34.9 Å². The van der Waals surface area contributed by atoms with E-state index in [2.05, 4.69) is 0 Å². The van der Waals surface area contributed by atoms with E-state index in [0.29, 0.717) is 6.07 Å². The summed E-state index contributed by atoms with van der Waals surface area (Å²) in [7, 11) is 0. The van der Waals surface area contributed by atoms with Crippen LogP contribution in [-0.4, -0.2) is 5.11 Å². The van der Waals surface area contributed by atoms with Crippen molar-refractivity contribution >= 4 is 0 Å². The number of ether oxygens (including phenoxy) is 1. The van der Waals surface area contributed by atoms with Crippen molar-refractivity contribution in [3.8, 4) is 11.5 Å². The highest BCUT2D eigenvalue weighted by Crippen LogP contribution is 2.22. The zero-order valence-electron chi connectivity index (χ0n) is 13.5.